The molecular formula is C13H17N5. The number of anilines is 1. The van der Waals surface area contributed by atoms with E-state index >= 15 is 0 Å². The maximum atomic E-state index is 4.37. The Bertz CT molecular complexity index is 506. The molecule has 2 N–H and O–H groups in total. The van der Waals surface area contributed by atoms with E-state index in [4.69, 9.17) is 0 Å². The second kappa shape index (κ2) is 5.16. The van der Waals surface area contributed by atoms with Gasteiger partial charge in [0.1, 0.15) is 12.1 Å². The van der Waals surface area contributed by atoms with Gasteiger partial charge in [0.15, 0.2) is 0 Å². The lowest BCUT2D eigenvalue weighted by Gasteiger charge is -2.17. The third-order valence-corrected chi connectivity index (χ3v) is 3.37. The van der Waals surface area contributed by atoms with Crippen LogP contribution in [0.25, 0.3) is 0 Å². The second-order valence-corrected chi connectivity index (χ2v) is 4.61. The van der Waals surface area contributed by atoms with Gasteiger partial charge in [-0.3, -0.25) is 0 Å². The molecule has 0 spiro atoms. The van der Waals surface area contributed by atoms with E-state index in [2.05, 4.69) is 25.3 Å². The number of aryl methyl sites for hydroxylation is 1. The smallest absolute Gasteiger partial charge is 0.132 e. The Balaban J connectivity index is 1.65. The molecule has 0 amide bonds. The van der Waals surface area contributed by atoms with Crippen LogP contribution in [0.3, 0.4) is 0 Å². The van der Waals surface area contributed by atoms with E-state index in [1.165, 1.54) is 24.1 Å². The van der Waals surface area contributed by atoms with Crippen molar-refractivity contribution in [3.63, 3.8) is 0 Å². The molecule has 2 heterocycles. The highest BCUT2D eigenvalue weighted by molar-refractivity contribution is 5.46. The highest BCUT2D eigenvalue weighted by Crippen LogP contribution is 2.24. The van der Waals surface area contributed by atoms with Gasteiger partial charge < -0.3 is 10.3 Å². The number of hydrogen-bond donors (Lipinski definition) is 2. The molecule has 3 rings (SSSR count). The highest BCUT2D eigenvalue weighted by atomic mass is 15.0. The predicted molar refractivity (Wildman–Crippen MR) is 69.5 cm³/mol. The molecule has 2 aromatic rings. The quantitative estimate of drug-likeness (QED) is 0.858. The molecule has 0 unspecified atom stereocenters. The SMILES string of the molecule is c1nc2c(c(NCCc3cnc[nH]3)n1)CCCC2. The molecule has 1 aliphatic carbocycles. The van der Waals surface area contributed by atoms with Crippen molar-refractivity contribution in [2.24, 2.45) is 0 Å². The standard InChI is InChI=1S/C13H17N5/c1-2-4-12-11(3-1)13(18-9-17-12)15-6-5-10-7-14-8-16-10/h7-9H,1-6H2,(H,14,16)(H,15,17,18). The third kappa shape index (κ3) is 2.34. The summed E-state index contributed by atoms with van der Waals surface area (Å²) in [6, 6.07) is 0. The van der Waals surface area contributed by atoms with Crippen molar-refractivity contribution in [2.75, 3.05) is 11.9 Å². The van der Waals surface area contributed by atoms with Gasteiger partial charge >= 0.3 is 0 Å². The molecule has 0 atom stereocenters. The number of aromatic amines is 1. The van der Waals surface area contributed by atoms with E-state index in [0.717, 1.165) is 37.3 Å². The van der Waals surface area contributed by atoms with Crippen molar-refractivity contribution in [3.05, 3.63) is 35.8 Å². The zero-order chi connectivity index (χ0) is 12.2. The van der Waals surface area contributed by atoms with Crippen LogP contribution in [0.4, 0.5) is 5.82 Å². The van der Waals surface area contributed by atoms with Crippen molar-refractivity contribution in [1.29, 1.82) is 0 Å². The number of rotatable bonds is 4. The maximum Gasteiger partial charge on any atom is 0.132 e. The topological polar surface area (TPSA) is 66.5 Å². The minimum Gasteiger partial charge on any atom is -0.369 e. The fourth-order valence-corrected chi connectivity index (χ4v) is 2.41. The van der Waals surface area contributed by atoms with Crippen LogP contribution in [0.15, 0.2) is 18.9 Å². The molecule has 0 bridgehead atoms. The van der Waals surface area contributed by atoms with Crippen LogP contribution >= 0.6 is 0 Å². The summed E-state index contributed by atoms with van der Waals surface area (Å²) in [6.07, 6.45) is 10.9. The average Bonchev–Trinajstić information content (AvgIpc) is 2.92. The van der Waals surface area contributed by atoms with Crippen molar-refractivity contribution >= 4 is 5.82 Å². The predicted octanol–water partition coefficient (Wildman–Crippen LogP) is 1.73. The van der Waals surface area contributed by atoms with Crippen LogP contribution in [0.1, 0.15) is 29.8 Å². The summed E-state index contributed by atoms with van der Waals surface area (Å²) in [5.74, 6) is 1.01. The fourth-order valence-electron chi connectivity index (χ4n) is 2.41. The van der Waals surface area contributed by atoms with Gasteiger partial charge in [0, 0.05) is 36.1 Å². The van der Waals surface area contributed by atoms with E-state index in [1.807, 2.05) is 6.20 Å². The zero-order valence-electron chi connectivity index (χ0n) is 10.3. The molecule has 0 radical (unpaired) electrons. The summed E-state index contributed by atoms with van der Waals surface area (Å²) in [4.78, 5) is 15.8. The lowest BCUT2D eigenvalue weighted by Crippen LogP contribution is -2.13. The largest absolute Gasteiger partial charge is 0.369 e. The normalized spacial score (nSPS) is 14.2. The first-order valence-electron chi connectivity index (χ1n) is 6.47. The Morgan fingerprint density at radius 3 is 3.06 bits per heavy atom. The summed E-state index contributed by atoms with van der Waals surface area (Å²) in [5.41, 5.74) is 3.68. The monoisotopic (exact) mass is 243 g/mol. The minimum absolute atomic E-state index is 0.867. The number of imidazole rings is 1. The molecule has 0 aromatic carbocycles. The molecule has 0 fully saturated rings. The molecule has 5 nitrogen and oxygen atoms in total. The highest BCUT2D eigenvalue weighted by Gasteiger charge is 2.14. The molecule has 0 aliphatic heterocycles. The number of nitrogens with zero attached hydrogens (tertiary/aromatic N) is 3. The molecule has 2 aromatic heterocycles. The Labute approximate surface area is 106 Å². The van der Waals surface area contributed by atoms with Crippen molar-refractivity contribution in [1.82, 2.24) is 19.9 Å². The number of aromatic nitrogens is 4. The van der Waals surface area contributed by atoms with Crippen LogP contribution in [0, 0.1) is 0 Å². The minimum atomic E-state index is 0.867. The van der Waals surface area contributed by atoms with Crippen LogP contribution < -0.4 is 5.32 Å². The summed E-state index contributed by atoms with van der Waals surface area (Å²) in [5, 5.41) is 3.41. The Kier molecular flexibility index (Phi) is 3.21. The van der Waals surface area contributed by atoms with Gasteiger partial charge in [-0.1, -0.05) is 0 Å². The number of nitrogens with one attached hydrogen (secondary N) is 2. The average molecular weight is 243 g/mol. The van der Waals surface area contributed by atoms with Gasteiger partial charge in [0.25, 0.3) is 0 Å². The molecular weight excluding hydrogens is 226 g/mol. The van der Waals surface area contributed by atoms with Gasteiger partial charge in [0.2, 0.25) is 0 Å². The molecule has 0 saturated carbocycles. The lowest BCUT2D eigenvalue weighted by atomic mass is 9.96. The number of H-pyrrole nitrogens is 1. The lowest BCUT2D eigenvalue weighted by molar-refractivity contribution is 0.663. The number of hydrogen-bond acceptors (Lipinski definition) is 4. The van der Waals surface area contributed by atoms with E-state index < -0.39 is 0 Å². The third-order valence-electron chi connectivity index (χ3n) is 3.37. The Hall–Kier alpha value is -1.91. The zero-order valence-corrected chi connectivity index (χ0v) is 10.3. The van der Waals surface area contributed by atoms with E-state index in [0.29, 0.717) is 0 Å². The Morgan fingerprint density at radius 2 is 2.17 bits per heavy atom. The summed E-state index contributed by atoms with van der Waals surface area (Å²) in [6.45, 7) is 0.867. The van der Waals surface area contributed by atoms with Crippen molar-refractivity contribution < 1.29 is 0 Å². The van der Waals surface area contributed by atoms with Crippen molar-refractivity contribution in [3.8, 4) is 0 Å². The summed E-state index contributed by atoms with van der Waals surface area (Å²) >= 11 is 0. The van der Waals surface area contributed by atoms with E-state index in [-0.39, 0.29) is 0 Å². The van der Waals surface area contributed by atoms with Gasteiger partial charge in [-0.25, -0.2) is 15.0 Å². The first kappa shape index (κ1) is 11.2. The van der Waals surface area contributed by atoms with E-state index in [1.54, 1.807) is 12.7 Å². The number of fused-ring (bicyclic) bond motifs is 1. The first-order valence-corrected chi connectivity index (χ1v) is 6.47. The first-order chi connectivity index (χ1) is 8.93. The second-order valence-electron chi connectivity index (χ2n) is 4.61. The summed E-state index contributed by atoms with van der Waals surface area (Å²) < 4.78 is 0. The molecule has 94 valence electrons. The van der Waals surface area contributed by atoms with Gasteiger partial charge in [-0.2, -0.15) is 0 Å². The molecule has 1 aliphatic rings. The van der Waals surface area contributed by atoms with Crippen LogP contribution in [0.5, 0.6) is 0 Å². The van der Waals surface area contributed by atoms with Gasteiger partial charge in [0.05, 0.1) is 6.33 Å². The van der Waals surface area contributed by atoms with Crippen LogP contribution in [-0.2, 0) is 19.3 Å². The maximum absolute atomic E-state index is 4.37. The Morgan fingerprint density at radius 1 is 1.22 bits per heavy atom. The van der Waals surface area contributed by atoms with E-state index in [9.17, 15) is 0 Å². The fraction of sp³-hybridized carbons (Fsp3) is 0.462. The molecule has 5 heteroatoms. The molecule has 0 saturated heterocycles. The van der Waals surface area contributed by atoms with Crippen LogP contribution in [0.2, 0.25) is 0 Å². The summed E-state index contributed by atoms with van der Waals surface area (Å²) in [7, 11) is 0. The molecule has 18 heavy (non-hydrogen) atoms. The van der Waals surface area contributed by atoms with Crippen LogP contribution in [-0.4, -0.2) is 26.5 Å². The van der Waals surface area contributed by atoms with Gasteiger partial charge in [-0.05, 0) is 25.7 Å². The van der Waals surface area contributed by atoms with Crippen molar-refractivity contribution in [2.45, 2.75) is 32.1 Å². The van der Waals surface area contributed by atoms with Gasteiger partial charge in [-0.15, -0.1) is 0 Å².